The Bertz CT molecular complexity index is 3210. The van der Waals surface area contributed by atoms with Gasteiger partial charge in [-0.1, -0.05) is 110 Å². The number of allylic oxidation sites excluding steroid dienone is 14. The Labute approximate surface area is 406 Å². The molecular weight excluding hydrogens is 851 g/mol. The average Bonchev–Trinajstić information content (AvgIpc) is 3.73. The van der Waals surface area contributed by atoms with Gasteiger partial charge in [-0.15, -0.1) is 35.4 Å². The van der Waals surface area contributed by atoms with Crippen LogP contribution in [-0.4, -0.2) is 21.9 Å². The third kappa shape index (κ3) is 9.87. The highest BCUT2D eigenvalue weighted by Crippen LogP contribution is 2.41. The van der Waals surface area contributed by atoms with Crippen LogP contribution in [0.2, 0.25) is 0 Å². The number of para-hydroxylation sites is 1. The van der Waals surface area contributed by atoms with Crippen molar-refractivity contribution in [3.63, 3.8) is 0 Å². The van der Waals surface area contributed by atoms with Crippen molar-refractivity contribution in [1.29, 1.82) is 0 Å². The SMILES string of the molecule is C=CC=C=Cc1c(C)c(/C=C(/C=C/C(=C)c2ccccc2SC/C=C\C)CC=C)c(C)n1/C(=C/C(=C\C)n1c2c(c3ccccc31)C=C(c1ccc3sc4c(c3c1)CCCC=C4)CC=C2)NC. The second-order valence-electron chi connectivity index (χ2n) is 16.9. The Balaban J connectivity index is 1.20. The summed E-state index contributed by atoms with van der Waals surface area (Å²) >= 11 is 3.75. The molecule has 336 valence electrons. The molecule has 0 amide bonds. The van der Waals surface area contributed by atoms with E-state index in [1.807, 2.05) is 42.3 Å². The lowest BCUT2D eigenvalue weighted by atomic mass is 9.97. The van der Waals surface area contributed by atoms with Gasteiger partial charge in [0.2, 0.25) is 0 Å². The van der Waals surface area contributed by atoms with Gasteiger partial charge in [-0.3, -0.25) is 4.57 Å². The van der Waals surface area contributed by atoms with Gasteiger partial charge in [0, 0.05) is 61.8 Å². The van der Waals surface area contributed by atoms with Crippen LogP contribution in [0.5, 0.6) is 0 Å². The standard InChI is InChI=1S/C62H61N3S2/c1-9-13-16-29-56-44(6)53(39-46(24-11-3)35-34-43(5)50-26-20-22-32-59(50)66-38-14-10-2)45(7)64(56)62(63-8)42-49(12-4)65-57-30-21-19-27-51(57)54-40-47(25-23-31-58(54)65)48-36-37-61-55(41-48)52-28-17-15-18-33-60(52)67-61/h9-14,18-23,26-27,29-37,39-42,63H,1,3,5,15,17,24-25,28,38H2,2,4,6-8H3/b14-10-,35-34+,46-39+,49-12+,62-42+. The Kier molecular flexibility index (Phi) is 15.1. The quantitative estimate of drug-likeness (QED) is 0.0452. The van der Waals surface area contributed by atoms with E-state index in [2.05, 4.69) is 213 Å². The fourth-order valence-electron chi connectivity index (χ4n) is 9.31. The van der Waals surface area contributed by atoms with Crippen LogP contribution in [-0.2, 0) is 6.42 Å². The highest BCUT2D eigenvalue weighted by molar-refractivity contribution is 7.99. The lowest BCUT2D eigenvalue weighted by Gasteiger charge is -2.17. The zero-order valence-corrected chi connectivity index (χ0v) is 41.3. The van der Waals surface area contributed by atoms with Crippen molar-refractivity contribution in [2.75, 3.05) is 12.8 Å². The van der Waals surface area contributed by atoms with E-state index in [1.165, 1.54) is 65.1 Å². The molecule has 0 unspecified atom stereocenters. The monoisotopic (exact) mass is 911 g/mol. The van der Waals surface area contributed by atoms with Crippen molar-refractivity contribution in [1.82, 2.24) is 14.5 Å². The molecular formula is C62H61N3S2. The molecule has 0 saturated carbocycles. The van der Waals surface area contributed by atoms with Crippen LogP contribution in [0.3, 0.4) is 0 Å². The van der Waals surface area contributed by atoms with Crippen molar-refractivity contribution >= 4 is 97.1 Å². The number of hydrogen-bond acceptors (Lipinski definition) is 3. The highest BCUT2D eigenvalue weighted by Gasteiger charge is 2.22. The minimum absolute atomic E-state index is 0.710. The largest absolute Gasteiger partial charge is 0.374 e. The second-order valence-corrected chi connectivity index (χ2v) is 19.0. The Morgan fingerprint density at radius 1 is 0.955 bits per heavy atom. The third-order valence-corrected chi connectivity index (χ3v) is 14.9. The van der Waals surface area contributed by atoms with Gasteiger partial charge in [0.1, 0.15) is 5.82 Å². The van der Waals surface area contributed by atoms with Gasteiger partial charge in [0.25, 0.3) is 0 Å². The van der Waals surface area contributed by atoms with Crippen LogP contribution in [0.15, 0.2) is 170 Å². The molecule has 1 N–H and O–H groups in total. The summed E-state index contributed by atoms with van der Waals surface area (Å²) in [5, 5.41) is 6.26. The number of aromatic nitrogens is 2. The van der Waals surface area contributed by atoms with Crippen LogP contribution in [0, 0.1) is 13.8 Å². The summed E-state index contributed by atoms with van der Waals surface area (Å²) in [5.74, 6) is 1.87. The summed E-state index contributed by atoms with van der Waals surface area (Å²) in [5.41, 5.74) is 19.9. The molecule has 0 fully saturated rings. The predicted octanol–water partition coefficient (Wildman–Crippen LogP) is 17.4. The van der Waals surface area contributed by atoms with Crippen molar-refractivity contribution in [2.24, 2.45) is 0 Å². The number of nitrogens with zero attached hydrogens (tertiary/aromatic N) is 2. The van der Waals surface area contributed by atoms with Gasteiger partial charge in [0.05, 0.1) is 16.9 Å². The first-order chi connectivity index (χ1) is 32.8. The molecule has 6 aromatic rings. The van der Waals surface area contributed by atoms with Crippen LogP contribution in [0.25, 0.3) is 74.0 Å². The van der Waals surface area contributed by atoms with Gasteiger partial charge < -0.3 is 9.88 Å². The fraction of sp³-hybridized carbons (Fsp3) is 0.177. The number of nitrogens with one attached hydrogen (secondary N) is 1. The number of benzene rings is 3. The topological polar surface area (TPSA) is 21.9 Å². The summed E-state index contributed by atoms with van der Waals surface area (Å²) in [7, 11) is 2.01. The summed E-state index contributed by atoms with van der Waals surface area (Å²) < 4.78 is 6.11. The summed E-state index contributed by atoms with van der Waals surface area (Å²) in [4.78, 5) is 2.65. The van der Waals surface area contributed by atoms with E-state index >= 15 is 0 Å². The molecule has 0 bridgehead atoms. The zero-order valence-electron chi connectivity index (χ0n) is 39.7. The van der Waals surface area contributed by atoms with Gasteiger partial charge in [0.15, 0.2) is 0 Å². The number of fused-ring (bicyclic) bond motifs is 6. The smallest absolute Gasteiger partial charge is 0.112 e. The number of hydrogen-bond donors (Lipinski definition) is 1. The van der Waals surface area contributed by atoms with E-state index < -0.39 is 0 Å². The molecule has 3 aromatic carbocycles. The minimum Gasteiger partial charge on any atom is -0.374 e. The lowest BCUT2D eigenvalue weighted by Crippen LogP contribution is -2.15. The molecule has 3 aromatic heterocycles. The summed E-state index contributed by atoms with van der Waals surface area (Å²) in [6.07, 6.45) is 39.9. The van der Waals surface area contributed by atoms with E-state index in [0.717, 1.165) is 75.8 Å². The van der Waals surface area contributed by atoms with Crippen LogP contribution >= 0.6 is 23.1 Å². The van der Waals surface area contributed by atoms with Gasteiger partial charge in [-0.2, -0.15) is 0 Å². The summed E-state index contributed by atoms with van der Waals surface area (Å²) in [6.45, 7) is 21.1. The molecule has 0 aliphatic heterocycles. The minimum atomic E-state index is 0.710. The molecule has 3 heterocycles. The van der Waals surface area contributed by atoms with E-state index in [4.69, 9.17) is 0 Å². The molecule has 0 radical (unpaired) electrons. The Morgan fingerprint density at radius 2 is 1.79 bits per heavy atom. The molecule has 3 nitrogen and oxygen atoms in total. The van der Waals surface area contributed by atoms with Gasteiger partial charge in [-0.25, -0.2) is 0 Å². The van der Waals surface area contributed by atoms with Crippen molar-refractivity contribution in [3.05, 3.63) is 220 Å². The number of thiophene rings is 1. The van der Waals surface area contributed by atoms with Crippen molar-refractivity contribution in [2.45, 2.75) is 64.7 Å². The Hall–Kier alpha value is -6.75. The van der Waals surface area contributed by atoms with Crippen molar-refractivity contribution < 1.29 is 0 Å². The maximum atomic E-state index is 4.50. The van der Waals surface area contributed by atoms with Crippen LogP contribution < -0.4 is 5.32 Å². The highest BCUT2D eigenvalue weighted by atomic mass is 32.2. The molecule has 5 heteroatoms. The van der Waals surface area contributed by atoms with E-state index in [0.29, 0.717) is 6.42 Å². The van der Waals surface area contributed by atoms with Gasteiger partial charge >= 0.3 is 0 Å². The number of aryl methyl sites for hydroxylation is 1. The first-order valence-corrected chi connectivity index (χ1v) is 25.2. The third-order valence-electron chi connectivity index (χ3n) is 12.7. The van der Waals surface area contributed by atoms with Crippen LogP contribution in [0.1, 0.15) is 94.9 Å². The molecule has 2 aliphatic carbocycles. The number of rotatable bonds is 16. The number of thioether (sulfide) groups is 1. The molecule has 8 rings (SSSR count). The van der Waals surface area contributed by atoms with Gasteiger partial charge in [-0.05, 0) is 164 Å². The van der Waals surface area contributed by atoms with E-state index in [9.17, 15) is 0 Å². The first kappa shape index (κ1) is 46.8. The van der Waals surface area contributed by atoms with E-state index in [-0.39, 0.29) is 0 Å². The van der Waals surface area contributed by atoms with Crippen LogP contribution in [0.4, 0.5) is 0 Å². The average molecular weight is 912 g/mol. The first-order valence-electron chi connectivity index (χ1n) is 23.4. The molecule has 2 aliphatic rings. The zero-order chi connectivity index (χ0) is 46.9. The Morgan fingerprint density at radius 3 is 2.60 bits per heavy atom. The second kappa shape index (κ2) is 21.7. The maximum Gasteiger partial charge on any atom is 0.112 e. The maximum absolute atomic E-state index is 4.50. The molecule has 67 heavy (non-hydrogen) atoms. The predicted molar refractivity (Wildman–Crippen MR) is 300 cm³/mol. The molecule has 0 saturated heterocycles. The fourth-order valence-corrected chi connectivity index (χ4v) is 11.5. The van der Waals surface area contributed by atoms with Crippen molar-refractivity contribution in [3.8, 4) is 0 Å². The summed E-state index contributed by atoms with van der Waals surface area (Å²) in [6, 6.07) is 24.4. The molecule has 0 spiro atoms. The van der Waals surface area contributed by atoms with E-state index in [1.54, 1.807) is 6.08 Å². The molecule has 0 atom stereocenters. The normalized spacial score (nSPS) is 14.2. The lowest BCUT2D eigenvalue weighted by molar-refractivity contribution is 0.858.